The average Bonchev–Trinajstić information content (AvgIpc) is 3.56. The van der Waals surface area contributed by atoms with Gasteiger partial charge in [-0.05, 0) is 58.2 Å². The molecule has 1 aliphatic heterocycles. The zero-order valence-corrected chi connectivity index (χ0v) is 25.1. The number of carbonyl (C=O) groups is 2. The van der Waals surface area contributed by atoms with E-state index in [1.54, 1.807) is 25.2 Å². The maximum atomic E-state index is 13.0. The summed E-state index contributed by atoms with van der Waals surface area (Å²) in [5.74, 6) is 1.08. The van der Waals surface area contributed by atoms with Crippen LogP contribution in [-0.4, -0.2) is 91.6 Å². The normalized spacial score (nSPS) is 18.6. The Morgan fingerprint density at radius 2 is 1.85 bits per heavy atom. The molecule has 1 N–H and O–H groups in total. The van der Waals surface area contributed by atoms with Gasteiger partial charge in [0.25, 0.3) is 5.91 Å². The SMILES string of the molecule is C[C@H]1CN(Cc2ccc(Nc3ncc4cc(C(=O)N(C)C)n(C5CCCC5)c4n3)nc2)CCN1C(=O)OC(C)(C)C. The number of piperazine rings is 1. The van der Waals surface area contributed by atoms with Gasteiger partial charge >= 0.3 is 6.09 Å². The van der Waals surface area contributed by atoms with E-state index in [1.807, 2.05) is 50.1 Å². The minimum absolute atomic E-state index is 0.0256. The standard InChI is InChI=1S/C30H42N8O3/c1-20-18-36(13-14-37(20)29(40)41-30(2,3)4)19-21-11-12-25(31-16-21)33-28-32-17-22-15-24(27(39)35(5)6)38(26(22)34-28)23-9-7-8-10-23/h11-12,15-17,20,23H,7-10,13-14,18-19H2,1-6H3,(H,31,32,33,34)/t20-/m0/s1. The molecule has 0 bridgehead atoms. The number of nitrogens with zero attached hydrogens (tertiary/aromatic N) is 7. The molecule has 0 aromatic carbocycles. The molecule has 1 aliphatic carbocycles. The number of rotatable bonds is 6. The van der Waals surface area contributed by atoms with Crippen molar-refractivity contribution in [2.75, 3.05) is 39.0 Å². The van der Waals surface area contributed by atoms with Gasteiger partial charge in [-0.25, -0.2) is 14.8 Å². The molecule has 220 valence electrons. The van der Waals surface area contributed by atoms with Crippen LogP contribution < -0.4 is 5.32 Å². The van der Waals surface area contributed by atoms with E-state index in [9.17, 15) is 9.59 Å². The molecule has 2 fully saturated rings. The molecule has 3 aromatic heterocycles. The lowest BCUT2D eigenvalue weighted by atomic mass is 10.1. The van der Waals surface area contributed by atoms with Crippen molar-refractivity contribution in [3.63, 3.8) is 0 Å². The largest absolute Gasteiger partial charge is 0.444 e. The van der Waals surface area contributed by atoms with Crippen LogP contribution in [0.3, 0.4) is 0 Å². The van der Waals surface area contributed by atoms with Crippen LogP contribution in [0.4, 0.5) is 16.6 Å². The Kier molecular flexibility index (Phi) is 8.17. The van der Waals surface area contributed by atoms with E-state index in [2.05, 4.69) is 31.7 Å². The van der Waals surface area contributed by atoms with Crippen LogP contribution in [-0.2, 0) is 11.3 Å². The predicted octanol–water partition coefficient (Wildman–Crippen LogP) is 4.83. The van der Waals surface area contributed by atoms with Crippen LogP contribution in [0.25, 0.3) is 11.0 Å². The Morgan fingerprint density at radius 3 is 2.49 bits per heavy atom. The van der Waals surface area contributed by atoms with Gasteiger partial charge in [-0.3, -0.25) is 9.69 Å². The Hall–Kier alpha value is -3.73. The molecular formula is C30H42N8O3. The van der Waals surface area contributed by atoms with Crippen molar-refractivity contribution in [2.45, 2.75) is 77.6 Å². The van der Waals surface area contributed by atoms with Crippen LogP contribution in [0.15, 0.2) is 30.6 Å². The number of hydrogen-bond donors (Lipinski definition) is 1. The highest BCUT2D eigenvalue weighted by molar-refractivity contribution is 5.97. The molecule has 1 atom stereocenters. The van der Waals surface area contributed by atoms with Crippen molar-refractivity contribution < 1.29 is 14.3 Å². The summed E-state index contributed by atoms with van der Waals surface area (Å²) in [4.78, 5) is 45.2. The summed E-state index contributed by atoms with van der Waals surface area (Å²) >= 11 is 0. The first kappa shape index (κ1) is 28.8. The predicted molar refractivity (Wildman–Crippen MR) is 158 cm³/mol. The third kappa shape index (κ3) is 6.61. The summed E-state index contributed by atoms with van der Waals surface area (Å²) in [6, 6.07) is 6.21. The summed E-state index contributed by atoms with van der Waals surface area (Å²) in [6.07, 6.45) is 7.79. The smallest absolute Gasteiger partial charge is 0.410 e. The molecule has 4 heterocycles. The maximum Gasteiger partial charge on any atom is 0.410 e. The highest BCUT2D eigenvalue weighted by Gasteiger charge is 2.31. The van der Waals surface area contributed by atoms with E-state index in [-0.39, 0.29) is 24.1 Å². The minimum Gasteiger partial charge on any atom is -0.444 e. The first-order valence-corrected chi connectivity index (χ1v) is 14.5. The Morgan fingerprint density at radius 1 is 1.10 bits per heavy atom. The summed E-state index contributed by atoms with van der Waals surface area (Å²) in [5.41, 5.74) is 2.02. The van der Waals surface area contributed by atoms with Crippen molar-refractivity contribution in [1.29, 1.82) is 0 Å². The number of hydrogen-bond acceptors (Lipinski definition) is 8. The number of carbonyl (C=O) groups excluding carboxylic acids is 2. The summed E-state index contributed by atoms with van der Waals surface area (Å²) in [5, 5.41) is 4.09. The lowest BCUT2D eigenvalue weighted by Gasteiger charge is -2.40. The van der Waals surface area contributed by atoms with E-state index in [0.29, 0.717) is 24.0 Å². The van der Waals surface area contributed by atoms with Gasteiger partial charge in [0.05, 0.1) is 0 Å². The molecule has 3 aromatic rings. The lowest BCUT2D eigenvalue weighted by molar-refractivity contribution is 0.000539. The maximum absolute atomic E-state index is 13.0. The van der Waals surface area contributed by atoms with Gasteiger partial charge in [-0.1, -0.05) is 18.9 Å². The highest BCUT2D eigenvalue weighted by atomic mass is 16.6. The molecule has 11 heteroatoms. The van der Waals surface area contributed by atoms with Gasteiger partial charge in [0.15, 0.2) is 0 Å². The van der Waals surface area contributed by atoms with E-state index in [4.69, 9.17) is 9.72 Å². The number of fused-ring (bicyclic) bond motifs is 1. The molecule has 0 unspecified atom stereocenters. The second kappa shape index (κ2) is 11.6. The quantitative estimate of drug-likeness (QED) is 0.455. The second-order valence-electron chi connectivity index (χ2n) is 12.4. The summed E-state index contributed by atoms with van der Waals surface area (Å²) in [7, 11) is 3.55. The monoisotopic (exact) mass is 562 g/mol. The molecule has 2 amide bonds. The van der Waals surface area contributed by atoms with Gasteiger partial charge in [-0.15, -0.1) is 0 Å². The molecule has 1 saturated heterocycles. The fourth-order valence-electron chi connectivity index (χ4n) is 5.73. The molecule has 1 saturated carbocycles. The van der Waals surface area contributed by atoms with Gasteiger partial charge in [0.2, 0.25) is 5.95 Å². The molecule has 11 nitrogen and oxygen atoms in total. The fraction of sp³-hybridized carbons (Fsp3) is 0.567. The van der Waals surface area contributed by atoms with E-state index in [1.165, 1.54) is 0 Å². The van der Waals surface area contributed by atoms with Gasteiger partial charge in [-0.2, -0.15) is 4.98 Å². The molecule has 0 radical (unpaired) electrons. The van der Waals surface area contributed by atoms with Crippen molar-refractivity contribution >= 4 is 34.8 Å². The molecular weight excluding hydrogens is 520 g/mol. The molecule has 2 aliphatic rings. The number of nitrogens with one attached hydrogen (secondary N) is 1. The van der Waals surface area contributed by atoms with Gasteiger partial charge < -0.3 is 24.4 Å². The Bertz CT molecular complexity index is 1390. The molecule has 0 spiro atoms. The number of pyridine rings is 1. The van der Waals surface area contributed by atoms with Gasteiger partial charge in [0, 0.05) is 70.1 Å². The topological polar surface area (TPSA) is 109 Å². The van der Waals surface area contributed by atoms with Crippen LogP contribution in [0.5, 0.6) is 0 Å². The molecule has 5 rings (SSSR count). The number of amides is 2. The van der Waals surface area contributed by atoms with Gasteiger partial charge in [0.1, 0.15) is 22.8 Å². The van der Waals surface area contributed by atoms with Crippen molar-refractivity contribution in [2.24, 2.45) is 0 Å². The number of aromatic nitrogens is 4. The van der Waals surface area contributed by atoms with Crippen molar-refractivity contribution in [3.05, 3.63) is 41.9 Å². The second-order valence-corrected chi connectivity index (χ2v) is 12.4. The zero-order valence-electron chi connectivity index (χ0n) is 25.1. The lowest BCUT2D eigenvalue weighted by Crippen LogP contribution is -2.54. The van der Waals surface area contributed by atoms with E-state index in [0.717, 1.165) is 61.9 Å². The Labute approximate surface area is 241 Å². The van der Waals surface area contributed by atoms with E-state index < -0.39 is 5.60 Å². The first-order chi connectivity index (χ1) is 19.5. The average molecular weight is 563 g/mol. The minimum atomic E-state index is -0.499. The molecule has 41 heavy (non-hydrogen) atoms. The van der Waals surface area contributed by atoms with Crippen LogP contribution in [0.1, 0.15) is 75.5 Å². The van der Waals surface area contributed by atoms with Crippen molar-refractivity contribution in [3.8, 4) is 0 Å². The number of ether oxygens (including phenoxy) is 1. The van der Waals surface area contributed by atoms with Crippen LogP contribution >= 0.6 is 0 Å². The summed E-state index contributed by atoms with van der Waals surface area (Å²) < 4.78 is 7.67. The zero-order chi connectivity index (χ0) is 29.3. The van der Waals surface area contributed by atoms with Crippen LogP contribution in [0, 0.1) is 0 Å². The van der Waals surface area contributed by atoms with E-state index >= 15 is 0 Å². The summed E-state index contributed by atoms with van der Waals surface area (Å²) in [6.45, 7) is 10.7. The van der Waals surface area contributed by atoms with Crippen LogP contribution in [0.2, 0.25) is 0 Å². The highest BCUT2D eigenvalue weighted by Crippen LogP contribution is 2.35. The first-order valence-electron chi connectivity index (χ1n) is 14.5. The van der Waals surface area contributed by atoms with Crippen molar-refractivity contribution in [1.82, 2.24) is 34.2 Å². The Balaban J connectivity index is 1.25. The third-order valence-corrected chi connectivity index (χ3v) is 7.70. The fourth-order valence-corrected chi connectivity index (χ4v) is 5.73. The number of anilines is 2. The third-order valence-electron chi connectivity index (χ3n) is 7.70.